The molecule has 4 fully saturated rings. The van der Waals surface area contributed by atoms with E-state index in [4.69, 9.17) is 91.1 Å². The molecule has 0 bridgehead atoms. The maximum atomic E-state index is 11.3. The van der Waals surface area contributed by atoms with Crippen LogP contribution in [0.3, 0.4) is 0 Å². The van der Waals surface area contributed by atoms with Crippen molar-refractivity contribution in [3.8, 4) is 0 Å². The second-order valence-corrected chi connectivity index (χ2v) is 16.2. The maximum Gasteiger partial charge on any atom is 0.269 e. The predicted octanol–water partition coefficient (Wildman–Crippen LogP) is -7.99. The van der Waals surface area contributed by atoms with Crippen LogP contribution in [0, 0.1) is 10.1 Å². The molecule has 22 N–H and O–H groups in total. The zero-order valence-electron chi connectivity index (χ0n) is 32.9. The van der Waals surface area contributed by atoms with E-state index < -0.39 is 157 Å². The van der Waals surface area contributed by atoms with Gasteiger partial charge in [-0.05, 0) is 24.1 Å². The molecule has 3 aliphatic heterocycles. The van der Waals surface area contributed by atoms with Crippen LogP contribution in [0.1, 0.15) is 18.1 Å². The van der Waals surface area contributed by atoms with Crippen LogP contribution >= 0.6 is 23.2 Å². The van der Waals surface area contributed by atoms with Crippen molar-refractivity contribution in [2.24, 2.45) is 34.4 Å². The van der Waals surface area contributed by atoms with Crippen molar-refractivity contribution >= 4 is 34.8 Å². The number of aliphatic hydroxyl groups excluding tert-OH is 9. The average Bonchev–Trinajstić information content (AvgIpc) is 3.55. The number of hydrogen-bond acceptors (Lipinski definition) is 24. The number of nitro benzene ring substituents is 1. The molecule has 4 aliphatic rings. The minimum absolute atomic E-state index is 0.0889. The molecule has 1 saturated carbocycles. The Hall–Kier alpha value is -2.17. The van der Waals surface area contributed by atoms with Gasteiger partial charge in [0.15, 0.2) is 23.7 Å². The van der Waals surface area contributed by atoms with Gasteiger partial charge in [0.05, 0.1) is 42.4 Å². The van der Waals surface area contributed by atoms with E-state index >= 15 is 0 Å². The number of rotatable bonds is 15. The Balaban J connectivity index is 0.000000354. The van der Waals surface area contributed by atoms with Gasteiger partial charge in [-0.1, -0.05) is 23.2 Å². The summed E-state index contributed by atoms with van der Waals surface area (Å²) in [6.45, 7) is -1.52. The van der Waals surface area contributed by atoms with Gasteiger partial charge in [-0.3, -0.25) is 14.9 Å². The zero-order chi connectivity index (χ0) is 46.3. The monoisotopic (exact) mass is 936 g/mol. The molecular weight excluding hydrogens is 879 g/mol. The molecule has 1 aromatic carbocycles. The minimum Gasteiger partial charge on any atom is -0.394 e. The van der Waals surface area contributed by atoms with Crippen LogP contribution < -0.4 is 39.7 Å². The van der Waals surface area contributed by atoms with Gasteiger partial charge in [-0.15, -0.1) is 0 Å². The van der Waals surface area contributed by atoms with Crippen molar-refractivity contribution in [3.63, 3.8) is 0 Å². The largest absolute Gasteiger partial charge is 0.394 e. The SMILES string of the molecule is NC[C@@H]1O[C@H](O[C@H]2[C@@H](O)[C@H](O[C@@H]3[C@@H](O)[C@H](N)C[C@H](N)[C@H]3O[C@H]3O[C@H](CN)[C@@H](O)[C@H](O)[C@H]3N)O[C@@H]2CO)[C@H](N)[C@@H](O)[C@@H]1O.O=C(N[C@@H](CO)[C@@H](O)c1ccc([N+](=O)[O-])cc1)C(Cl)Cl. The zero-order valence-corrected chi connectivity index (χ0v) is 34.4. The Morgan fingerprint density at radius 2 is 1.23 bits per heavy atom. The summed E-state index contributed by atoms with van der Waals surface area (Å²) in [6, 6.07) is -0.131. The number of carbonyl (C=O) groups is 1. The number of nitrogens with one attached hydrogen (secondary N) is 1. The van der Waals surface area contributed by atoms with Gasteiger partial charge in [0, 0.05) is 37.3 Å². The highest BCUT2D eigenvalue weighted by molar-refractivity contribution is 6.53. The van der Waals surface area contributed by atoms with Gasteiger partial charge < -0.3 is 114 Å². The molecule has 62 heavy (non-hydrogen) atoms. The van der Waals surface area contributed by atoms with Crippen molar-refractivity contribution < 1.29 is 84.1 Å². The van der Waals surface area contributed by atoms with Crippen LogP contribution in [0.5, 0.6) is 0 Å². The summed E-state index contributed by atoms with van der Waals surface area (Å²) >= 11 is 10.7. The second kappa shape index (κ2) is 23.3. The minimum atomic E-state index is -1.60. The van der Waals surface area contributed by atoms with Crippen LogP contribution in [0.25, 0.3) is 0 Å². The first kappa shape index (κ1) is 52.5. The van der Waals surface area contributed by atoms with Crippen molar-refractivity contribution in [2.75, 3.05) is 26.3 Å². The number of nitro groups is 1. The van der Waals surface area contributed by atoms with Crippen molar-refractivity contribution in [1.29, 1.82) is 0 Å². The maximum absolute atomic E-state index is 11.3. The predicted molar refractivity (Wildman–Crippen MR) is 211 cm³/mol. The van der Waals surface area contributed by atoms with Crippen LogP contribution in [0.2, 0.25) is 0 Å². The Labute approximate surface area is 363 Å². The number of hydrogen-bond donors (Lipinski definition) is 16. The molecule has 356 valence electrons. The lowest BCUT2D eigenvalue weighted by Crippen LogP contribution is -2.68. The molecule has 28 heteroatoms. The smallest absolute Gasteiger partial charge is 0.269 e. The van der Waals surface area contributed by atoms with E-state index in [0.29, 0.717) is 5.56 Å². The first-order chi connectivity index (χ1) is 29.2. The summed E-state index contributed by atoms with van der Waals surface area (Å²) in [5, 5.41) is 105. The third-order valence-electron chi connectivity index (χ3n) is 10.9. The quantitative estimate of drug-likeness (QED) is 0.0441. The van der Waals surface area contributed by atoms with Gasteiger partial charge in [-0.2, -0.15) is 0 Å². The molecular formula is C34H58Cl2N8O18. The molecule has 26 nitrogen and oxygen atoms in total. The molecule has 1 amide bonds. The fourth-order valence-electron chi connectivity index (χ4n) is 7.24. The van der Waals surface area contributed by atoms with Gasteiger partial charge >= 0.3 is 0 Å². The molecule has 1 aliphatic carbocycles. The number of carbonyl (C=O) groups excluding carboxylic acids is 1. The summed E-state index contributed by atoms with van der Waals surface area (Å²) < 4.78 is 34.6. The molecule has 3 saturated heterocycles. The molecule has 21 atom stereocenters. The number of aliphatic hydroxyl groups is 9. The van der Waals surface area contributed by atoms with E-state index in [2.05, 4.69) is 5.32 Å². The lowest BCUT2D eigenvalue weighted by Gasteiger charge is -2.47. The molecule has 0 radical (unpaired) electrons. The van der Waals surface area contributed by atoms with E-state index in [0.717, 1.165) is 0 Å². The standard InChI is InChI=1S/C23H46N6O13.C11H12Cl2N2O5/c24-2-7-13(32)15(34)10(28)21(37-7)40-18-6(27)1-5(26)12(31)20(18)42-23-17(36)19(9(4-30)39-23)41-22-11(29)16(35)14(33)8(3-25)38-22;12-10(13)11(18)14-8(5-16)9(17)6-1-3-7(4-2-6)15(19)20/h5-23,30-36H,1-4,24-29H2;1-4,8-10,16-17H,5H2,(H,14,18)/t5-,6+,7-,8+,9-,10-,11-,12+,13-,14-,15-,16-,17-,18-,19-,20-,21-,22-,23+;8-,9-/m10/s1. The molecule has 0 spiro atoms. The number of alkyl halides is 2. The highest BCUT2D eigenvalue weighted by Crippen LogP contribution is 2.34. The number of nitrogens with zero attached hydrogens (tertiary/aromatic N) is 1. The fourth-order valence-corrected chi connectivity index (χ4v) is 7.36. The molecule has 5 rings (SSSR count). The first-order valence-electron chi connectivity index (χ1n) is 19.4. The average molecular weight is 938 g/mol. The number of benzene rings is 1. The Bertz CT molecular complexity index is 1570. The number of non-ortho nitro benzene ring substituents is 1. The van der Waals surface area contributed by atoms with Gasteiger partial charge in [-0.25, -0.2) is 0 Å². The Morgan fingerprint density at radius 3 is 1.68 bits per heavy atom. The van der Waals surface area contributed by atoms with E-state index in [-0.39, 0.29) is 25.2 Å². The van der Waals surface area contributed by atoms with Crippen LogP contribution in [-0.2, 0) is 33.2 Å². The lowest BCUT2D eigenvalue weighted by molar-refractivity contribution is -0.384. The van der Waals surface area contributed by atoms with Crippen molar-refractivity contribution in [2.45, 2.75) is 140 Å². The first-order valence-corrected chi connectivity index (χ1v) is 20.2. The highest BCUT2D eigenvalue weighted by Gasteiger charge is 2.54. The molecule has 0 unspecified atom stereocenters. The Morgan fingerprint density at radius 1 is 0.742 bits per heavy atom. The summed E-state index contributed by atoms with van der Waals surface area (Å²) in [5.74, 6) is -0.756. The van der Waals surface area contributed by atoms with E-state index in [1.54, 1.807) is 0 Å². The van der Waals surface area contributed by atoms with Crippen molar-refractivity contribution in [1.82, 2.24) is 5.32 Å². The highest BCUT2D eigenvalue weighted by atomic mass is 35.5. The fraction of sp³-hybridized carbons (Fsp3) is 0.794. The molecule has 3 heterocycles. The third-order valence-corrected chi connectivity index (χ3v) is 11.3. The number of halogens is 2. The molecule has 1 aromatic rings. The van der Waals surface area contributed by atoms with Gasteiger partial charge in [0.25, 0.3) is 11.6 Å². The summed E-state index contributed by atoms with van der Waals surface area (Å²) in [4.78, 5) is 19.9. The normalized spacial score (nSPS) is 40.9. The van der Waals surface area contributed by atoms with Crippen LogP contribution in [0.4, 0.5) is 5.69 Å². The summed E-state index contributed by atoms with van der Waals surface area (Å²) in [5.41, 5.74) is 35.8. The summed E-state index contributed by atoms with van der Waals surface area (Å²) in [6.07, 6.45) is -21.0. The lowest BCUT2D eigenvalue weighted by atomic mass is 9.84. The second-order valence-electron chi connectivity index (χ2n) is 15.1. The van der Waals surface area contributed by atoms with Crippen molar-refractivity contribution in [3.05, 3.63) is 39.9 Å². The van der Waals surface area contributed by atoms with Gasteiger partial charge in [0.1, 0.15) is 73.2 Å². The number of amides is 1. The number of ether oxygens (including phenoxy) is 6. The topological polar surface area (TPSA) is 466 Å². The number of nitrogens with two attached hydrogens (primary N) is 6. The van der Waals surface area contributed by atoms with E-state index in [9.17, 15) is 55.8 Å². The van der Waals surface area contributed by atoms with Crippen LogP contribution in [0.15, 0.2) is 24.3 Å². The molecule has 0 aromatic heterocycles. The van der Waals surface area contributed by atoms with Gasteiger partial charge in [0.2, 0.25) is 0 Å². The van der Waals surface area contributed by atoms with Crippen LogP contribution in [-0.4, -0.2) is 210 Å². The summed E-state index contributed by atoms with van der Waals surface area (Å²) in [7, 11) is 0. The Kier molecular flexibility index (Phi) is 19.7. The van der Waals surface area contributed by atoms with E-state index in [1.807, 2.05) is 0 Å². The third kappa shape index (κ3) is 12.2. The van der Waals surface area contributed by atoms with E-state index in [1.165, 1.54) is 24.3 Å².